The third-order valence-electron chi connectivity index (χ3n) is 2.52. The number of primary sulfonamides is 1. The lowest BCUT2D eigenvalue weighted by Gasteiger charge is -2.03. The SMILES string of the molecule is Cc1ccc(CNCc2ccc(S(N)(=O)=O)o2)cn1. The van der Waals surface area contributed by atoms with Gasteiger partial charge in [0.25, 0.3) is 10.0 Å². The van der Waals surface area contributed by atoms with Gasteiger partial charge in [-0.1, -0.05) is 6.07 Å². The van der Waals surface area contributed by atoms with Gasteiger partial charge in [-0.15, -0.1) is 0 Å². The van der Waals surface area contributed by atoms with Gasteiger partial charge in [0.05, 0.1) is 6.54 Å². The predicted octanol–water partition coefficient (Wildman–Crippen LogP) is 0.920. The fourth-order valence-corrected chi connectivity index (χ4v) is 2.02. The summed E-state index contributed by atoms with van der Waals surface area (Å²) in [5.41, 5.74) is 2.01. The van der Waals surface area contributed by atoms with Crippen molar-refractivity contribution in [2.45, 2.75) is 25.1 Å². The zero-order valence-corrected chi connectivity index (χ0v) is 11.3. The monoisotopic (exact) mass is 281 g/mol. The minimum absolute atomic E-state index is 0.221. The molecular weight excluding hydrogens is 266 g/mol. The Balaban J connectivity index is 1.89. The Labute approximate surface area is 111 Å². The van der Waals surface area contributed by atoms with E-state index in [2.05, 4.69) is 10.3 Å². The average molecular weight is 281 g/mol. The van der Waals surface area contributed by atoms with Crippen LogP contribution in [0.3, 0.4) is 0 Å². The van der Waals surface area contributed by atoms with Gasteiger partial charge in [0.2, 0.25) is 5.09 Å². The van der Waals surface area contributed by atoms with Crippen molar-refractivity contribution in [1.29, 1.82) is 0 Å². The fourth-order valence-electron chi connectivity index (χ4n) is 1.54. The summed E-state index contributed by atoms with van der Waals surface area (Å²) in [5, 5.41) is 7.87. The molecule has 0 saturated carbocycles. The molecule has 0 aromatic carbocycles. The van der Waals surface area contributed by atoms with Crippen LogP contribution in [0.15, 0.2) is 40.0 Å². The summed E-state index contributed by atoms with van der Waals surface area (Å²) in [6, 6.07) is 6.84. The molecule has 0 aliphatic carbocycles. The highest BCUT2D eigenvalue weighted by Gasteiger charge is 2.12. The molecule has 3 N–H and O–H groups in total. The highest BCUT2D eigenvalue weighted by molar-refractivity contribution is 7.89. The molecule has 0 saturated heterocycles. The van der Waals surface area contributed by atoms with Gasteiger partial charge in [-0.25, -0.2) is 13.6 Å². The van der Waals surface area contributed by atoms with Crippen LogP contribution in [-0.2, 0) is 23.1 Å². The summed E-state index contributed by atoms with van der Waals surface area (Å²) in [4.78, 5) is 4.18. The van der Waals surface area contributed by atoms with Crippen molar-refractivity contribution >= 4 is 10.0 Å². The number of sulfonamides is 1. The highest BCUT2D eigenvalue weighted by atomic mass is 32.2. The first-order valence-electron chi connectivity index (χ1n) is 5.69. The van der Waals surface area contributed by atoms with Crippen molar-refractivity contribution in [3.05, 3.63) is 47.5 Å². The minimum atomic E-state index is -3.77. The first kappa shape index (κ1) is 13.7. The highest BCUT2D eigenvalue weighted by Crippen LogP contribution is 2.12. The number of nitrogens with zero attached hydrogens (tertiary/aromatic N) is 1. The van der Waals surface area contributed by atoms with Gasteiger partial charge < -0.3 is 9.73 Å². The van der Waals surface area contributed by atoms with E-state index in [-0.39, 0.29) is 5.09 Å². The Morgan fingerprint density at radius 3 is 2.63 bits per heavy atom. The van der Waals surface area contributed by atoms with Crippen molar-refractivity contribution in [1.82, 2.24) is 10.3 Å². The van der Waals surface area contributed by atoms with Crippen LogP contribution in [0.4, 0.5) is 0 Å². The van der Waals surface area contributed by atoms with E-state index in [4.69, 9.17) is 9.56 Å². The topological polar surface area (TPSA) is 98.2 Å². The van der Waals surface area contributed by atoms with Crippen molar-refractivity contribution < 1.29 is 12.8 Å². The largest absolute Gasteiger partial charge is 0.447 e. The van der Waals surface area contributed by atoms with E-state index in [1.54, 1.807) is 12.3 Å². The lowest BCUT2D eigenvalue weighted by Crippen LogP contribution is -2.13. The number of nitrogens with two attached hydrogens (primary N) is 1. The summed E-state index contributed by atoms with van der Waals surface area (Å²) < 4.78 is 27.2. The maximum Gasteiger partial charge on any atom is 0.271 e. The number of rotatable bonds is 5. The van der Waals surface area contributed by atoms with Gasteiger partial charge in [-0.3, -0.25) is 4.98 Å². The number of nitrogens with one attached hydrogen (secondary N) is 1. The fraction of sp³-hybridized carbons (Fsp3) is 0.250. The Hall–Kier alpha value is -1.70. The third-order valence-corrected chi connectivity index (χ3v) is 3.30. The van der Waals surface area contributed by atoms with E-state index in [1.165, 1.54) is 6.07 Å². The summed E-state index contributed by atoms with van der Waals surface area (Å²) in [6.07, 6.45) is 1.79. The first-order valence-corrected chi connectivity index (χ1v) is 7.23. The zero-order chi connectivity index (χ0) is 13.9. The smallest absolute Gasteiger partial charge is 0.271 e. The van der Waals surface area contributed by atoms with E-state index < -0.39 is 10.0 Å². The molecule has 6 nitrogen and oxygen atoms in total. The van der Waals surface area contributed by atoms with E-state index in [0.717, 1.165) is 11.3 Å². The van der Waals surface area contributed by atoms with E-state index in [9.17, 15) is 8.42 Å². The van der Waals surface area contributed by atoms with Gasteiger partial charge in [-0.05, 0) is 30.7 Å². The maximum absolute atomic E-state index is 11.0. The Morgan fingerprint density at radius 2 is 2.05 bits per heavy atom. The molecular formula is C12H15N3O3S. The second kappa shape index (κ2) is 5.52. The normalized spacial score (nSPS) is 11.7. The molecule has 0 fully saturated rings. The van der Waals surface area contributed by atoms with Crippen LogP contribution in [0.5, 0.6) is 0 Å². The van der Waals surface area contributed by atoms with Crippen molar-refractivity contribution in [2.24, 2.45) is 5.14 Å². The predicted molar refractivity (Wildman–Crippen MR) is 69.6 cm³/mol. The molecule has 2 aromatic rings. The number of hydrogen-bond acceptors (Lipinski definition) is 5. The molecule has 19 heavy (non-hydrogen) atoms. The second-order valence-electron chi connectivity index (χ2n) is 4.18. The van der Waals surface area contributed by atoms with E-state index in [1.807, 2.05) is 19.1 Å². The van der Waals surface area contributed by atoms with E-state index in [0.29, 0.717) is 18.8 Å². The van der Waals surface area contributed by atoms with Crippen molar-refractivity contribution in [3.8, 4) is 0 Å². The number of aryl methyl sites for hydroxylation is 1. The minimum Gasteiger partial charge on any atom is -0.447 e. The zero-order valence-electron chi connectivity index (χ0n) is 10.5. The van der Waals surface area contributed by atoms with Crippen molar-refractivity contribution in [3.63, 3.8) is 0 Å². The number of pyridine rings is 1. The number of aromatic nitrogens is 1. The Kier molecular flexibility index (Phi) is 3.98. The molecule has 2 heterocycles. The molecule has 0 aliphatic heterocycles. The van der Waals surface area contributed by atoms with E-state index >= 15 is 0 Å². The van der Waals surface area contributed by atoms with Crippen LogP contribution in [0.2, 0.25) is 0 Å². The number of hydrogen-bond donors (Lipinski definition) is 2. The molecule has 0 atom stereocenters. The molecule has 0 amide bonds. The quantitative estimate of drug-likeness (QED) is 0.849. The van der Waals surface area contributed by atoms with Crippen molar-refractivity contribution in [2.75, 3.05) is 0 Å². The van der Waals surface area contributed by atoms with Crippen LogP contribution in [0.1, 0.15) is 17.0 Å². The average Bonchev–Trinajstić information content (AvgIpc) is 2.80. The van der Waals surface area contributed by atoms with Gasteiger partial charge in [-0.2, -0.15) is 0 Å². The lowest BCUT2D eigenvalue weighted by atomic mass is 10.2. The maximum atomic E-state index is 11.0. The van der Waals surface area contributed by atoms with Gasteiger partial charge in [0.1, 0.15) is 5.76 Å². The molecule has 2 aromatic heterocycles. The summed E-state index contributed by atoms with van der Waals surface area (Å²) >= 11 is 0. The molecule has 0 bridgehead atoms. The second-order valence-corrected chi connectivity index (χ2v) is 5.67. The summed E-state index contributed by atoms with van der Waals surface area (Å²) in [6.45, 7) is 2.97. The van der Waals surface area contributed by atoms with Crippen LogP contribution in [-0.4, -0.2) is 13.4 Å². The Morgan fingerprint density at radius 1 is 1.26 bits per heavy atom. The van der Waals surface area contributed by atoms with Gasteiger partial charge >= 0.3 is 0 Å². The Bertz CT molecular complexity index is 647. The molecule has 0 spiro atoms. The van der Waals surface area contributed by atoms with Gasteiger partial charge in [0, 0.05) is 18.4 Å². The lowest BCUT2D eigenvalue weighted by molar-refractivity contribution is 0.402. The van der Waals surface area contributed by atoms with Crippen LogP contribution < -0.4 is 10.5 Å². The molecule has 0 unspecified atom stereocenters. The molecule has 0 radical (unpaired) electrons. The summed E-state index contributed by atoms with van der Waals surface area (Å²) in [5.74, 6) is 0.518. The molecule has 0 aliphatic rings. The van der Waals surface area contributed by atoms with Crippen LogP contribution in [0, 0.1) is 6.92 Å². The summed E-state index contributed by atoms with van der Waals surface area (Å²) in [7, 11) is -3.77. The number of furan rings is 1. The standard InChI is InChI=1S/C12H15N3O3S/c1-9-2-3-10(7-15-9)6-14-8-11-4-5-12(18-11)19(13,16)17/h2-5,7,14H,6,8H2,1H3,(H2,13,16,17). The van der Waals surface area contributed by atoms with Crippen LogP contribution >= 0.6 is 0 Å². The first-order chi connectivity index (χ1) is 8.95. The third kappa shape index (κ3) is 3.88. The molecule has 102 valence electrons. The van der Waals surface area contributed by atoms with Crippen LogP contribution in [0.25, 0.3) is 0 Å². The van der Waals surface area contributed by atoms with Gasteiger partial charge in [0.15, 0.2) is 0 Å². The molecule has 7 heteroatoms. The molecule has 2 rings (SSSR count).